The first-order chi connectivity index (χ1) is 14.7. The second-order valence-corrected chi connectivity index (χ2v) is 7.65. The highest BCUT2D eigenvalue weighted by Crippen LogP contribution is 2.46. The first-order valence-electron chi connectivity index (χ1n) is 9.21. The largest absolute Gasteiger partial charge is 0.470 e. The summed E-state index contributed by atoms with van der Waals surface area (Å²) < 4.78 is 56.8. The Labute approximate surface area is 178 Å². The topological polar surface area (TPSA) is 81.9 Å². The van der Waals surface area contributed by atoms with Gasteiger partial charge in [-0.05, 0) is 30.5 Å². The monoisotopic (exact) mass is 457 g/mol. The Morgan fingerprint density at radius 3 is 2.77 bits per heavy atom. The summed E-state index contributed by atoms with van der Waals surface area (Å²) in [5, 5.41) is 8.01. The van der Waals surface area contributed by atoms with Gasteiger partial charge >= 0.3 is 12.3 Å². The predicted octanol–water partition coefficient (Wildman–Crippen LogP) is 3.54. The molecule has 31 heavy (non-hydrogen) atoms. The van der Waals surface area contributed by atoms with E-state index in [1.165, 1.54) is 12.3 Å². The van der Waals surface area contributed by atoms with Crippen LogP contribution in [0.5, 0.6) is 5.88 Å². The van der Waals surface area contributed by atoms with Gasteiger partial charge in [-0.2, -0.15) is 13.9 Å². The molecule has 3 aromatic heterocycles. The zero-order valence-electron chi connectivity index (χ0n) is 15.9. The van der Waals surface area contributed by atoms with Crippen molar-refractivity contribution in [1.29, 1.82) is 0 Å². The molecule has 0 unspecified atom stereocenters. The van der Waals surface area contributed by atoms with Crippen LogP contribution in [-0.2, 0) is 16.9 Å². The zero-order valence-corrected chi connectivity index (χ0v) is 16.6. The number of pyridine rings is 2. The van der Waals surface area contributed by atoms with E-state index in [9.17, 15) is 22.4 Å². The van der Waals surface area contributed by atoms with E-state index < -0.39 is 24.5 Å². The maximum absolute atomic E-state index is 13.0. The van der Waals surface area contributed by atoms with E-state index >= 15 is 0 Å². The van der Waals surface area contributed by atoms with Crippen molar-refractivity contribution in [3.63, 3.8) is 0 Å². The molecular formula is C19H16ClF4N5O2. The molecule has 1 amide bonds. The van der Waals surface area contributed by atoms with Gasteiger partial charge in [0.25, 0.3) is 0 Å². The molecule has 12 heteroatoms. The zero-order chi connectivity index (χ0) is 22.2. The smallest absolute Gasteiger partial charge is 0.340 e. The molecule has 0 saturated heterocycles. The molecule has 0 spiro atoms. The summed E-state index contributed by atoms with van der Waals surface area (Å²) >= 11 is 6.01. The number of nitrogens with zero attached hydrogens (tertiary/aromatic N) is 4. The van der Waals surface area contributed by atoms with Crippen molar-refractivity contribution in [3.8, 4) is 5.88 Å². The Kier molecular flexibility index (Phi) is 5.46. The average molecular weight is 458 g/mol. The highest BCUT2D eigenvalue weighted by molar-refractivity contribution is 6.31. The molecule has 0 aromatic carbocycles. The van der Waals surface area contributed by atoms with Crippen LogP contribution in [0.25, 0.3) is 10.9 Å². The number of ether oxygens (including phenoxy) is 1. The van der Waals surface area contributed by atoms with Crippen LogP contribution >= 0.6 is 11.6 Å². The number of fused-ring (bicyclic) bond motifs is 1. The molecule has 0 aliphatic heterocycles. The average Bonchev–Trinajstić information content (AvgIpc) is 3.37. The van der Waals surface area contributed by atoms with Gasteiger partial charge in [-0.15, -0.1) is 0 Å². The second kappa shape index (κ2) is 7.95. The molecular weight excluding hydrogens is 442 g/mol. The minimum atomic E-state index is -4.30. The van der Waals surface area contributed by atoms with E-state index in [-0.39, 0.29) is 17.4 Å². The standard InChI is InChI=1S/C19H16ClF4N5O2/c20-13-5-11(6-26-16(13)31-9-19(23,24)17(21)22)7-29-8-12-14(28-29)1-4-25-15(12)18(2-3-18)27-10-30/h1,4-6,8,10,17H,2-3,7,9H2,(H,27,30). The molecule has 1 aliphatic rings. The van der Waals surface area contributed by atoms with Crippen LogP contribution in [0.3, 0.4) is 0 Å². The third-order valence-electron chi connectivity index (χ3n) is 4.95. The van der Waals surface area contributed by atoms with Gasteiger partial charge in [-0.1, -0.05) is 11.6 Å². The number of carbonyl (C=O) groups is 1. The number of hydrogen-bond donors (Lipinski definition) is 1. The lowest BCUT2D eigenvalue weighted by Crippen LogP contribution is -2.34. The van der Waals surface area contributed by atoms with E-state index in [0.717, 1.165) is 23.9 Å². The third kappa shape index (κ3) is 4.27. The fourth-order valence-corrected chi connectivity index (χ4v) is 3.46. The van der Waals surface area contributed by atoms with Crippen LogP contribution in [0.1, 0.15) is 24.1 Å². The van der Waals surface area contributed by atoms with Crippen molar-refractivity contribution in [2.24, 2.45) is 0 Å². The number of carbonyl (C=O) groups excluding carboxylic acids is 1. The van der Waals surface area contributed by atoms with E-state index in [1.807, 2.05) is 0 Å². The summed E-state index contributed by atoms with van der Waals surface area (Å²) in [5.74, 6) is -4.67. The molecule has 3 aromatic rings. The molecule has 4 rings (SSSR count). The van der Waals surface area contributed by atoms with Crippen LogP contribution in [0, 0.1) is 0 Å². The minimum Gasteiger partial charge on any atom is -0.470 e. The van der Waals surface area contributed by atoms with Gasteiger partial charge in [0, 0.05) is 24.0 Å². The molecule has 0 bridgehead atoms. The molecule has 164 valence electrons. The highest BCUT2D eigenvalue weighted by atomic mass is 35.5. The number of alkyl halides is 4. The molecule has 0 radical (unpaired) electrons. The van der Waals surface area contributed by atoms with Crippen molar-refractivity contribution in [2.45, 2.75) is 37.3 Å². The van der Waals surface area contributed by atoms with Crippen LogP contribution in [0.4, 0.5) is 17.6 Å². The van der Waals surface area contributed by atoms with Crippen LogP contribution in [-0.4, -0.2) is 45.1 Å². The number of aromatic nitrogens is 4. The molecule has 7 nitrogen and oxygen atoms in total. The molecule has 0 atom stereocenters. The summed E-state index contributed by atoms with van der Waals surface area (Å²) in [7, 11) is 0. The van der Waals surface area contributed by atoms with E-state index in [2.05, 4.69) is 25.1 Å². The number of nitrogens with one attached hydrogen (secondary N) is 1. The quantitative estimate of drug-likeness (QED) is 0.392. The molecule has 3 heterocycles. The van der Waals surface area contributed by atoms with Crippen molar-refractivity contribution in [2.75, 3.05) is 6.61 Å². The molecule has 1 saturated carbocycles. The molecule has 1 aliphatic carbocycles. The maximum Gasteiger partial charge on any atom is 0.340 e. The lowest BCUT2D eigenvalue weighted by Gasteiger charge is -2.16. The number of halogens is 5. The molecule has 1 N–H and O–H groups in total. The summed E-state index contributed by atoms with van der Waals surface area (Å²) in [6, 6.07) is 3.18. The number of amides is 1. The number of hydrogen-bond acceptors (Lipinski definition) is 5. The van der Waals surface area contributed by atoms with Crippen molar-refractivity contribution in [1.82, 2.24) is 25.1 Å². The first kappa shape index (κ1) is 21.3. The fraction of sp³-hybridized carbons (Fsp3) is 0.368. The Morgan fingerprint density at radius 2 is 2.13 bits per heavy atom. The van der Waals surface area contributed by atoms with Gasteiger partial charge in [-0.3, -0.25) is 14.5 Å². The van der Waals surface area contributed by atoms with Crippen LogP contribution in [0.15, 0.2) is 30.7 Å². The van der Waals surface area contributed by atoms with E-state index in [0.29, 0.717) is 17.5 Å². The van der Waals surface area contributed by atoms with Crippen LogP contribution < -0.4 is 10.1 Å². The third-order valence-corrected chi connectivity index (χ3v) is 5.22. The lowest BCUT2D eigenvalue weighted by molar-refractivity contribution is -0.148. The highest BCUT2D eigenvalue weighted by Gasteiger charge is 2.46. The SMILES string of the molecule is O=CNC1(c2nccc3nn(Cc4cnc(OCC(F)(F)C(F)F)c(Cl)c4)cc23)CC1. The lowest BCUT2D eigenvalue weighted by atomic mass is 10.1. The van der Waals surface area contributed by atoms with Gasteiger partial charge in [0.15, 0.2) is 6.61 Å². The van der Waals surface area contributed by atoms with Crippen molar-refractivity contribution < 1.29 is 27.1 Å². The van der Waals surface area contributed by atoms with Gasteiger partial charge in [0.1, 0.15) is 5.02 Å². The van der Waals surface area contributed by atoms with Crippen molar-refractivity contribution in [3.05, 3.63) is 47.0 Å². The normalized spacial score (nSPS) is 15.3. The Morgan fingerprint density at radius 1 is 1.35 bits per heavy atom. The summed E-state index contributed by atoms with van der Waals surface area (Å²) in [4.78, 5) is 19.2. The minimum absolute atomic E-state index is 0.0891. The second-order valence-electron chi connectivity index (χ2n) is 7.24. The Bertz CT molecular complexity index is 1120. The van der Waals surface area contributed by atoms with Gasteiger partial charge < -0.3 is 10.1 Å². The number of rotatable bonds is 9. The summed E-state index contributed by atoms with van der Waals surface area (Å²) in [5.41, 5.74) is 1.55. The predicted molar refractivity (Wildman–Crippen MR) is 102 cm³/mol. The van der Waals surface area contributed by atoms with Crippen molar-refractivity contribution >= 4 is 28.9 Å². The molecule has 1 fully saturated rings. The summed E-state index contributed by atoms with van der Waals surface area (Å²) in [6.07, 6.45) is 3.13. The van der Waals surface area contributed by atoms with Gasteiger partial charge in [0.05, 0.1) is 23.3 Å². The van der Waals surface area contributed by atoms with Gasteiger partial charge in [0.2, 0.25) is 12.3 Å². The fourth-order valence-electron chi connectivity index (χ4n) is 3.22. The van der Waals surface area contributed by atoms with E-state index in [4.69, 9.17) is 11.6 Å². The van der Waals surface area contributed by atoms with E-state index in [1.54, 1.807) is 23.1 Å². The Balaban J connectivity index is 1.52. The summed E-state index contributed by atoms with van der Waals surface area (Å²) in [6.45, 7) is -1.28. The van der Waals surface area contributed by atoms with Gasteiger partial charge in [-0.25, -0.2) is 13.8 Å². The Hall–Kier alpha value is -2.95. The van der Waals surface area contributed by atoms with Crippen LogP contribution in [0.2, 0.25) is 5.02 Å². The maximum atomic E-state index is 13.0. The first-order valence-corrected chi connectivity index (χ1v) is 9.59.